The van der Waals surface area contributed by atoms with E-state index >= 15 is 0 Å². The zero-order valence-electron chi connectivity index (χ0n) is 13.8. The first-order valence-electron chi connectivity index (χ1n) is 7.80. The van der Waals surface area contributed by atoms with Crippen LogP contribution in [0.2, 0.25) is 0 Å². The van der Waals surface area contributed by atoms with Gasteiger partial charge in [0.15, 0.2) is 0 Å². The molecule has 2 aromatic carbocycles. The van der Waals surface area contributed by atoms with Crippen molar-refractivity contribution in [3.8, 4) is 0 Å². The second-order valence-electron chi connectivity index (χ2n) is 5.53. The van der Waals surface area contributed by atoms with E-state index in [4.69, 9.17) is 4.84 Å². The first kappa shape index (κ1) is 18.2. The van der Waals surface area contributed by atoms with Crippen molar-refractivity contribution in [1.82, 2.24) is 4.73 Å². The Bertz CT molecular complexity index is 1030. The fourth-order valence-corrected chi connectivity index (χ4v) is 2.25. The van der Waals surface area contributed by atoms with Crippen LogP contribution in [0.1, 0.15) is 15.9 Å². The number of hydrogen-bond acceptors (Lipinski definition) is 3. The maximum atomic E-state index is 13.7. The monoisotopic (exact) mass is 374 g/mol. The number of nitrogens with zero attached hydrogens (tertiary/aromatic N) is 1. The van der Waals surface area contributed by atoms with E-state index in [1.807, 2.05) is 0 Å². The zero-order chi connectivity index (χ0) is 19.4. The number of hydrogen-bond donors (Lipinski definition) is 1. The lowest BCUT2D eigenvalue weighted by Crippen LogP contribution is -2.32. The molecular formula is C19H13F3N2O3. The van der Waals surface area contributed by atoms with Gasteiger partial charge in [-0.15, -0.1) is 0 Å². The minimum absolute atomic E-state index is 0.0299. The van der Waals surface area contributed by atoms with Gasteiger partial charge < -0.3 is 10.2 Å². The van der Waals surface area contributed by atoms with Gasteiger partial charge >= 0.3 is 0 Å². The number of aromatic nitrogens is 1. The quantitative estimate of drug-likeness (QED) is 0.746. The molecule has 0 aliphatic carbocycles. The van der Waals surface area contributed by atoms with E-state index in [0.717, 1.165) is 16.9 Å². The van der Waals surface area contributed by atoms with Gasteiger partial charge in [0.05, 0.1) is 5.69 Å². The molecule has 0 saturated carbocycles. The highest BCUT2D eigenvalue weighted by atomic mass is 19.1. The number of carbonyl (C=O) groups is 1. The summed E-state index contributed by atoms with van der Waals surface area (Å²) in [5.41, 5.74) is -0.699. The van der Waals surface area contributed by atoms with Crippen LogP contribution in [-0.2, 0) is 6.61 Å². The lowest BCUT2D eigenvalue weighted by Gasteiger charge is -2.10. The second kappa shape index (κ2) is 7.77. The van der Waals surface area contributed by atoms with Crippen LogP contribution in [0.5, 0.6) is 0 Å². The Morgan fingerprint density at radius 1 is 1.00 bits per heavy atom. The van der Waals surface area contributed by atoms with Crippen LogP contribution in [0.3, 0.4) is 0 Å². The van der Waals surface area contributed by atoms with Crippen molar-refractivity contribution in [2.24, 2.45) is 0 Å². The minimum Gasteiger partial charge on any atom is -0.406 e. The molecule has 0 fully saturated rings. The highest BCUT2D eigenvalue weighted by Crippen LogP contribution is 2.15. The fourth-order valence-electron chi connectivity index (χ4n) is 2.25. The molecule has 0 aliphatic heterocycles. The first-order chi connectivity index (χ1) is 12.9. The zero-order valence-corrected chi connectivity index (χ0v) is 13.8. The maximum Gasteiger partial charge on any atom is 0.295 e. The third kappa shape index (κ3) is 4.35. The predicted octanol–water partition coefficient (Wildman–Crippen LogP) is 3.15. The molecule has 0 radical (unpaired) electrons. The third-order valence-electron chi connectivity index (χ3n) is 3.62. The van der Waals surface area contributed by atoms with Crippen molar-refractivity contribution in [3.05, 3.63) is 99.7 Å². The number of amides is 1. The Morgan fingerprint density at radius 3 is 2.41 bits per heavy atom. The molecule has 3 rings (SSSR count). The van der Waals surface area contributed by atoms with Gasteiger partial charge in [0.25, 0.3) is 11.5 Å². The van der Waals surface area contributed by atoms with Gasteiger partial charge in [-0.25, -0.2) is 13.2 Å². The molecule has 1 amide bonds. The lowest BCUT2D eigenvalue weighted by atomic mass is 10.2. The summed E-state index contributed by atoms with van der Waals surface area (Å²) < 4.78 is 40.3. The third-order valence-corrected chi connectivity index (χ3v) is 3.62. The van der Waals surface area contributed by atoms with Gasteiger partial charge in [0.2, 0.25) is 0 Å². The SMILES string of the molecule is O=C(Nc1ccc(F)cc1F)c1cccn(OCc2ccc(F)cc2)c1=O. The smallest absolute Gasteiger partial charge is 0.295 e. The molecule has 0 atom stereocenters. The van der Waals surface area contributed by atoms with Crippen LogP contribution in [-0.4, -0.2) is 10.6 Å². The van der Waals surface area contributed by atoms with E-state index in [9.17, 15) is 22.8 Å². The topological polar surface area (TPSA) is 60.3 Å². The summed E-state index contributed by atoms with van der Waals surface area (Å²) in [5.74, 6) is -3.03. The molecule has 5 nitrogen and oxygen atoms in total. The van der Waals surface area contributed by atoms with Crippen molar-refractivity contribution >= 4 is 11.6 Å². The van der Waals surface area contributed by atoms with Crippen LogP contribution in [0.15, 0.2) is 65.6 Å². The average Bonchev–Trinajstić information content (AvgIpc) is 2.64. The minimum atomic E-state index is -0.966. The van der Waals surface area contributed by atoms with Crippen molar-refractivity contribution < 1.29 is 22.8 Å². The Labute approximate surface area is 151 Å². The summed E-state index contributed by atoms with van der Waals surface area (Å²) in [6.45, 7) is -0.0299. The number of carbonyl (C=O) groups excluding carboxylic acids is 1. The molecule has 1 N–H and O–H groups in total. The van der Waals surface area contributed by atoms with Gasteiger partial charge in [-0.1, -0.05) is 12.1 Å². The van der Waals surface area contributed by atoms with Crippen LogP contribution in [0.25, 0.3) is 0 Å². The lowest BCUT2D eigenvalue weighted by molar-refractivity contribution is 0.0863. The van der Waals surface area contributed by atoms with Gasteiger partial charge in [-0.2, -0.15) is 4.73 Å². The van der Waals surface area contributed by atoms with Gasteiger partial charge in [0.1, 0.15) is 29.6 Å². The normalized spacial score (nSPS) is 10.5. The van der Waals surface area contributed by atoms with Crippen molar-refractivity contribution in [2.45, 2.75) is 6.61 Å². The number of pyridine rings is 1. The second-order valence-corrected chi connectivity index (χ2v) is 5.53. The van der Waals surface area contributed by atoms with Gasteiger partial charge in [-0.05, 0) is 42.0 Å². The Kier molecular flexibility index (Phi) is 5.25. The number of nitrogens with one attached hydrogen (secondary N) is 1. The summed E-state index contributed by atoms with van der Waals surface area (Å²) in [5, 5.41) is 2.21. The van der Waals surface area contributed by atoms with E-state index in [2.05, 4.69) is 5.32 Å². The van der Waals surface area contributed by atoms with E-state index in [1.165, 1.54) is 42.6 Å². The summed E-state index contributed by atoms with van der Waals surface area (Å²) in [7, 11) is 0. The molecule has 1 heterocycles. The highest BCUT2D eigenvalue weighted by Gasteiger charge is 2.15. The standard InChI is InChI=1S/C19H13F3N2O3/c20-13-5-3-12(4-6-13)11-27-24-9-1-2-15(19(24)26)18(25)23-17-8-7-14(21)10-16(17)22/h1-10H,11H2,(H,23,25). The van der Waals surface area contributed by atoms with Crippen molar-refractivity contribution in [2.75, 3.05) is 5.32 Å². The molecule has 0 saturated heterocycles. The van der Waals surface area contributed by atoms with Crippen LogP contribution < -0.4 is 15.7 Å². The Balaban J connectivity index is 1.76. The predicted molar refractivity (Wildman–Crippen MR) is 91.7 cm³/mol. The first-order valence-corrected chi connectivity index (χ1v) is 7.80. The molecule has 1 aromatic heterocycles. The highest BCUT2D eigenvalue weighted by molar-refractivity contribution is 6.04. The number of rotatable bonds is 5. The molecule has 0 bridgehead atoms. The largest absolute Gasteiger partial charge is 0.406 e. The molecule has 8 heteroatoms. The van der Waals surface area contributed by atoms with Crippen LogP contribution >= 0.6 is 0 Å². The molecular weight excluding hydrogens is 361 g/mol. The number of anilines is 1. The van der Waals surface area contributed by atoms with Crippen molar-refractivity contribution in [3.63, 3.8) is 0 Å². The Morgan fingerprint density at radius 2 is 1.70 bits per heavy atom. The van der Waals surface area contributed by atoms with Gasteiger partial charge in [0, 0.05) is 12.3 Å². The van der Waals surface area contributed by atoms with E-state index in [0.29, 0.717) is 11.6 Å². The molecule has 0 aliphatic rings. The summed E-state index contributed by atoms with van der Waals surface area (Å²) in [6.07, 6.45) is 1.31. The number of halogens is 3. The molecule has 27 heavy (non-hydrogen) atoms. The summed E-state index contributed by atoms with van der Waals surface area (Å²) in [4.78, 5) is 30.0. The average molecular weight is 374 g/mol. The molecule has 138 valence electrons. The van der Waals surface area contributed by atoms with Crippen LogP contribution in [0, 0.1) is 17.5 Å². The van der Waals surface area contributed by atoms with Crippen molar-refractivity contribution in [1.29, 1.82) is 0 Å². The summed E-state index contributed by atoms with van der Waals surface area (Å²) in [6, 6.07) is 10.8. The number of benzene rings is 2. The fraction of sp³-hybridized carbons (Fsp3) is 0.0526. The van der Waals surface area contributed by atoms with E-state index in [-0.39, 0.29) is 17.9 Å². The van der Waals surface area contributed by atoms with E-state index < -0.39 is 28.9 Å². The van der Waals surface area contributed by atoms with E-state index in [1.54, 1.807) is 0 Å². The summed E-state index contributed by atoms with van der Waals surface area (Å²) >= 11 is 0. The van der Waals surface area contributed by atoms with Gasteiger partial charge in [-0.3, -0.25) is 9.59 Å². The van der Waals surface area contributed by atoms with Crippen LogP contribution in [0.4, 0.5) is 18.9 Å². The molecule has 0 spiro atoms. The molecule has 0 unspecified atom stereocenters. The Hall–Kier alpha value is -3.55. The molecule has 3 aromatic rings. The maximum absolute atomic E-state index is 13.7.